The first kappa shape index (κ1) is 34.5. The third-order valence-electron chi connectivity index (χ3n) is 9.40. The van der Waals surface area contributed by atoms with Gasteiger partial charge in [-0.15, -0.1) is 0 Å². The number of alkyl halides is 3. The summed E-state index contributed by atoms with van der Waals surface area (Å²) >= 11 is 0. The van der Waals surface area contributed by atoms with Gasteiger partial charge in [-0.3, -0.25) is 14.3 Å². The fourth-order valence-electron chi connectivity index (χ4n) is 7.04. The number of amides is 2. The summed E-state index contributed by atoms with van der Waals surface area (Å²) in [5.74, 6) is -0.773. The number of fused-ring (bicyclic) bond motifs is 2. The van der Waals surface area contributed by atoms with Crippen LogP contribution in [0.5, 0.6) is 5.75 Å². The van der Waals surface area contributed by atoms with Gasteiger partial charge in [0, 0.05) is 43.0 Å². The van der Waals surface area contributed by atoms with Crippen LogP contribution in [0.25, 0.3) is 21.7 Å². The molecule has 4 aromatic rings. The van der Waals surface area contributed by atoms with Gasteiger partial charge in [-0.1, -0.05) is 55.3 Å². The number of nitrogens with zero attached hydrogens (tertiary/aromatic N) is 2. The SMILES string of the molecule is O=C(CCCn1c(COc2ccc3ccccc3c2)c(C(=O)N2CCCC2)c2cc(C3CCCC3)ccc21)NS(=O)(=O)CC=CC(F)(F)F. The van der Waals surface area contributed by atoms with Crippen molar-refractivity contribution < 1.29 is 35.9 Å². The number of halogens is 3. The van der Waals surface area contributed by atoms with E-state index in [4.69, 9.17) is 4.74 Å². The molecule has 3 aromatic carbocycles. The van der Waals surface area contributed by atoms with Crippen LogP contribution in [0.15, 0.2) is 72.8 Å². The highest BCUT2D eigenvalue weighted by Gasteiger charge is 2.30. The number of sulfonamides is 1. The van der Waals surface area contributed by atoms with E-state index in [1.807, 2.05) is 62.7 Å². The van der Waals surface area contributed by atoms with E-state index in [1.54, 1.807) is 0 Å². The molecule has 1 aliphatic heterocycles. The molecule has 8 nitrogen and oxygen atoms in total. The van der Waals surface area contributed by atoms with Crippen molar-refractivity contribution in [2.45, 2.75) is 76.6 Å². The number of benzene rings is 3. The van der Waals surface area contributed by atoms with E-state index in [-0.39, 0.29) is 38.0 Å². The average molecular weight is 696 g/mol. The van der Waals surface area contributed by atoms with Gasteiger partial charge in [0.25, 0.3) is 5.91 Å². The van der Waals surface area contributed by atoms with E-state index in [0.717, 1.165) is 47.4 Å². The Labute approximate surface area is 284 Å². The largest absolute Gasteiger partial charge is 0.487 e. The summed E-state index contributed by atoms with van der Waals surface area (Å²) in [5.41, 5.74) is 3.28. The lowest BCUT2D eigenvalue weighted by molar-refractivity contribution is -0.119. The van der Waals surface area contributed by atoms with Crippen LogP contribution < -0.4 is 9.46 Å². The predicted octanol–water partition coefficient (Wildman–Crippen LogP) is 7.61. The molecule has 1 saturated carbocycles. The van der Waals surface area contributed by atoms with Gasteiger partial charge in [0.15, 0.2) is 0 Å². The number of allylic oxidation sites excluding steroid dienone is 1. The van der Waals surface area contributed by atoms with Gasteiger partial charge in [0.2, 0.25) is 15.9 Å². The van der Waals surface area contributed by atoms with Gasteiger partial charge >= 0.3 is 6.18 Å². The molecule has 2 amide bonds. The minimum Gasteiger partial charge on any atom is -0.487 e. The molecule has 0 bridgehead atoms. The Bertz CT molecular complexity index is 1970. The smallest absolute Gasteiger partial charge is 0.409 e. The molecule has 0 unspecified atom stereocenters. The van der Waals surface area contributed by atoms with Crippen LogP contribution in [0.2, 0.25) is 0 Å². The van der Waals surface area contributed by atoms with Crippen LogP contribution in [0, 0.1) is 0 Å². The summed E-state index contributed by atoms with van der Waals surface area (Å²) in [6.45, 7) is 1.72. The number of ether oxygens (including phenoxy) is 1. The quantitative estimate of drug-likeness (QED) is 0.154. The van der Waals surface area contributed by atoms with Crippen molar-refractivity contribution in [3.63, 3.8) is 0 Å². The Kier molecular flexibility index (Phi) is 10.3. The minimum absolute atomic E-state index is 0.0577. The van der Waals surface area contributed by atoms with Gasteiger partial charge in [-0.25, -0.2) is 8.42 Å². The van der Waals surface area contributed by atoms with Crippen molar-refractivity contribution >= 4 is 43.5 Å². The minimum atomic E-state index is -4.65. The average Bonchev–Trinajstić information content (AvgIpc) is 3.84. The molecule has 49 heavy (non-hydrogen) atoms. The molecular weight excluding hydrogens is 655 g/mol. The van der Waals surface area contributed by atoms with Crippen LogP contribution in [0.4, 0.5) is 13.2 Å². The highest BCUT2D eigenvalue weighted by molar-refractivity contribution is 7.90. The Balaban J connectivity index is 1.30. The van der Waals surface area contributed by atoms with E-state index in [2.05, 4.69) is 12.1 Å². The molecule has 1 aliphatic carbocycles. The summed E-state index contributed by atoms with van der Waals surface area (Å²) in [6, 6.07) is 20.1. The molecule has 2 fully saturated rings. The fraction of sp³-hybridized carbons (Fsp3) is 0.405. The highest BCUT2D eigenvalue weighted by Crippen LogP contribution is 2.38. The van der Waals surface area contributed by atoms with Gasteiger partial charge in [-0.05, 0) is 78.6 Å². The molecule has 0 spiro atoms. The highest BCUT2D eigenvalue weighted by atomic mass is 32.2. The molecule has 2 aliphatic rings. The van der Waals surface area contributed by atoms with Gasteiger partial charge in [0.1, 0.15) is 12.4 Å². The van der Waals surface area contributed by atoms with Crippen LogP contribution in [-0.4, -0.2) is 54.7 Å². The van der Waals surface area contributed by atoms with Crippen molar-refractivity contribution in [3.8, 4) is 5.75 Å². The number of rotatable bonds is 12. The molecule has 12 heteroatoms. The summed E-state index contributed by atoms with van der Waals surface area (Å²) in [5, 5.41) is 2.93. The predicted molar refractivity (Wildman–Crippen MR) is 183 cm³/mol. The molecule has 1 N–H and O–H groups in total. The number of likely N-dealkylation sites (tertiary alicyclic amines) is 1. The van der Waals surface area contributed by atoms with E-state index in [1.165, 1.54) is 18.4 Å². The van der Waals surface area contributed by atoms with Crippen molar-refractivity contribution in [2.75, 3.05) is 18.8 Å². The normalized spacial score (nSPS) is 15.9. The van der Waals surface area contributed by atoms with Crippen molar-refractivity contribution in [3.05, 3.63) is 89.6 Å². The lowest BCUT2D eigenvalue weighted by Gasteiger charge is -2.18. The second-order valence-electron chi connectivity index (χ2n) is 12.9. The molecule has 1 aromatic heterocycles. The van der Waals surface area contributed by atoms with Crippen LogP contribution in [-0.2, 0) is 28.0 Å². The lowest BCUT2D eigenvalue weighted by atomic mass is 9.95. The maximum absolute atomic E-state index is 14.3. The maximum atomic E-state index is 14.3. The maximum Gasteiger partial charge on any atom is 0.409 e. The number of aryl methyl sites for hydroxylation is 1. The van der Waals surface area contributed by atoms with Gasteiger partial charge < -0.3 is 14.2 Å². The van der Waals surface area contributed by atoms with E-state index >= 15 is 0 Å². The standard InChI is InChI=1S/C37H40F3N3O5S/c38-37(39,40)18-8-22-49(46,47)41-34(44)13-7-21-43-32-17-15-29(26-9-1-2-10-26)24-31(32)35(36(45)42-19-5-6-20-42)33(43)25-48-30-16-14-27-11-3-4-12-28(27)23-30/h3-4,8,11-12,14-18,23-24,26H,1-2,5-7,9-10,13,19-22,25H2,(H,41,44). The zero-order chi connectivity index (χ0) is 34.6. The second-order valence-corrected chi connectivity index (χ2v) is 14.6. The summed E-state index contributed by atoms with van der Waals surface area (Å²) in [6.07, 6.45) is 2.08. The molecule has 260 valence electrons. The lowest BCUT2D eigenvalue weighted by Crippen LogP contribution is -2.32. The summed E-state index contributed by atoms with van der Waals surface area (Å²) < 4.78 is 71.9. The molecular formula is C37H40F3N3O5S. The number of aromatic nitrogens is 1. The first-order chi connectivity index (χ1) is 23.5. The molecule has 0 atom stereocenters. The first-order valence-electron chi connectivity index (χ1n) is 16.8. The molecule has 1 saturated heterocycles. The van der Waals surface area contributed by atoms with Crippen LogP contribution >= 0.6 is 0 Å². The fourth-order valence-corrected chi connectivity index (χ4v) is 7.92. The zero-order valence-corrected chi connectivity index (χ0v) is 28.0. The topological polar surface area (TPSA) is 97.7 Å². The zero-order valence-electron chi connectivity index (χ0n) is 27.2. The van der Waals surface area contributed by atoms with Crippen LogP contribution in [0.3, 0.4) is 0 Å². The Morgan fingerprint density at radius 1 is 0.939 bits per heavy atom. The number of carbonyl (C=O) groups excluding carboxylic acids is 2. The third-order valence-corrected chi connectivity index (χ3v) is 10.6. The van der Waals surface area contributed by atoms with Crippen molar-refractivity contribution in [1.29, 1.82) is 0 Å². The van der Waals surface area contributed by atoms with Crippen molar-refractivity contribution in [2.24, 2.45) is 0 Å². The van der Waals surface area contributed by atoms with E-state index in [9.17, 15) is 31.2 Å². The Morgan fingerprint density at radius 2 is 1.67 bits per heavy atom. The van der Waals surface area contributed by atoms with Crippen molar-refractivity contribution in [1.82, 2.24) is 14.2 Å². The van der Waals surface area contributed by atoms with Crippen LogP contribution in [0.1, 0.15) is 78.9 Å². The number of carbonyl (C=O) groups is 2. The second kappa shape index (κ2) is 14.7. The van der Waals surface area contributed by atoms with Gasteiger partial charge in [-0.2, -0.15) is 13.2 Å². The monoisotopic (exact) mass is 695 g/mol. The number of hydrogen-bond donors (Lipinski definition) is 1. The molecule has 0 radical (unpaired) electrons. The summed E-state index contributed by atoms with van der Waals surface area (Å²) in [4.78, 5) is 28.8. The molecule has 2 heterocycles. The third kappa shape index (κ3) is 8.46. The molecule has 6 rings (SSSR count). The Hall–Kier alpha value is -4.32. The first-order valence-corrected chi connectivity index (χ1v) is 18.5. The van der Waals surface area contributed by atoms with Gasteiger partial charge in [0.05, 0.1) is 17.0 Å². The van der Waals surface area contributed by atoms with E-state index in [0.29, 0.717) is 42.1 Å². The summed E-state index contributed by atoms with van der Waals surface area (Å²) in [7, 11) is -4.29. The number of hydrogen-bond acceptors (Lipinski definition) is 5. The van der Waals surface area contributed by atoms with E-state index < -0.39 is 27.9 Å². The Morgan fingerprint density at radius 3 is 2.41 bits per heavy atom. The number of nitrogens with one attached hydrogen (secondary N) is 1.